The molecule has 128 valence electrons. The molecule has 4 nitrogen and oxygen atoms in total. The Morgan fingerprint density at radius 3 is 1.52 bits per heavy atom. The molecule has 2 heterocycles. The van der Waals surface area contributed by atoms with Crippen LogP contribution in [0.3, 0.4) is 0 Å². The van der Waals surface area contributed by atoms with Crippen LogP contribution in [0.25, 0.3) is 0 Å². The topological polar surface area (TPSA) is 48.8 Å². The summed E-state index contributed by atoms with van der Waals surface area (Å²) in [6.45, 7) is 5.92. The summed E-state index contributed by atoms with van der Waals surface area (Å²) in [7, 11) is 0. The van der Waals surface area contributed by atoms with Crippen molar-refractivity contribution in [2.24, 2.45) is 15.4 Å². The zero-order chi connectivity index (χ0) is 17.3. The summed E-state index contributed by atoms with van der Waals surface area (Å²) in [5.74, 6) is 2.03. The van der Waals surface area contributed by atoms with Gasteiger partial charge in [-0.2, -0.15) is 0 Å². The number of nitrogens with zero attached hydrogens (tertiary/aromatic N) is 2. The number of hydrogen-bond donors (Lipinski definition) is 2. The van der Waals surface area contributed by atoms with Crippen LogP contribution in [-0.4, -0.2) is 24.8 Å². The Bertz CT molecular complexity index is 726. The molecular formula is C21H24N4. The van der Waals surface area contributed by atoms with Crippen molar-refractivity contribution in [3.05, 3.63) is 71.8 Å². The Morgan fingerprint density at radius 2 is 1.12 bits per heavy atom. The van der Waals surface area contributed by atoms with Crippen molar-refractivity contribution >= 4 is 11.7 Å². The molecule has 2 aromatic rings. The van der Waals surface area contributed by atoms with Crippen LogP contribution in [0.4, 0.5) is 0 Å². The fourth-order valence-corrected chi connectivity index (χ4v) is 3.49. The number of amidine groups is 2. The molecule has 2 aliphatic heterocycles. The lowest BCUT2D eigenvalue weighted by Crippen LogP contribution is -2.45. The highest BCUT2D eigenvalue weighted by Gasteiger charge is 2.38. The van der Waals surface area contributed by atoms with E-state index < -0.39 is 0 Å². The average molecular weight is 332 g/mol. The minimum absolute atomic E-state index is 0.243. The summed E-state index contributed by atoms with van der Waals surface area (Å²) in [4.78, 5) is 9.58. The fraction of sp³-hybridized carbons (Fsp3) is 0.333. The molecule has 2 aliphatic rings. The van der Waals surface area contributed by atoms with E-state index in [9.17, 15) is 0 Å². The molecule has 0 aromatic heterocycles. The minimum atomic E-state index is -0.243. The third kappa shape index (κ3) is 3.04. The van der Waals surface area contributed by atoms with E-state index in [1.807, 2.05) is 12.1 Å². The molecule has 0 aliphatic carbocycles. The van der Waals surface area contributed by atoms with Gasteiger partial charge in [0.1, 0.15) is 11.7 Å². The maximum absolute atomic E-state index is 4.79. The Balaban J connectivity index is 1.46. The van der Waals surface area contributed by atoms with Crippen LogP contribution >= 0.6 is 0 Å². The van der Waals surface area contributed by atoms with Gasteiger partial charge < -0.3 is 10.6 Å². The second kappa shape index (κ2) is 6.36. The van der Waals surface area contributed by atoms with Crippen LogP contribution in [-0.2, 0) is 0 Å². The maximum Gasteiger partial charge on any atom is 0.110 e. The highest BCUT2D eigenvalue weighted by molar-refractivity contribution is 6.10. The van der Waals surface area contributed by atoms with E-state index >= 15 is 0 Å². The summed E-state index contributed by atoms with van der Waals surface area (Å²) >= 11 is 0. The van der Waals surface area contributed by atoms with Gasteiger partial charge in [0.2, 0.25) is 0 Å². The number of hydrogen-bond acceptors (Lipinski definition) is 4. The number of nitrogens with one attached hydrogen (secondary N) is 2. The van der Waals surface area contributed by atoms with Gasteiger partial charge in [0.05, 0.1) is 30.6 Å². The van der Waals surface area contributed by atoms with E-state index in [2.05, 4.69) is 73.0 Å². The van der Waals surface area contributed by atoms with E-state index in [0.717, 1.165) is 24.8 Å². The standard InChI is InChI=1S/C21H24N4/c1-21(2,19-22-13-17(24-19)15-9-5-3-6-10-15)20-23-14-18(25-20)16-11-7-4-8-12-16/h3-12,17-18H,13-14H2,1-2H3,(H,22,24)(H,23,25)/t17-,18-/m1/s1. The van der Waals surface area contributed by atoms with Crippen molar-refractivity contribution in [2.75, 3.05) is 13.1 Å². The zero-order valence-electron chi connectivity index (χ0n) is 14.7. The predicted molar refractivity (Wildman–Crippen MR) is 103 cm³/mol. The molecule has 2 N–H and O–H groups in total. The lowest BCUT2D eigenvalue weighted by molar-refractivity contribution is 0.628. The van der Waals surface area contributed by atoms with E-state index in [1.165, 1.54) is 11.1 Å². The molecular weight excluding hydrogens is 308 g/mol. The molecule has 0 radical (unpaired) electrons. The molecule has 0 saturated carbocycles. The minimum Gasteiger partial charge on any atom is -0.364 e. The van der Waals surface area contributed by atoms with Crippen LogP contribution in [0.2, 0.25) is 0 Å². The molecule has 4 rings (SSSR count). The van der Waals surface area contributed by atoms with E-state index in [1.54, 1.807) is 0 Å². The molecule has 2 aromatic carbocycles. The zero-order valence-corrected chi connectivity index (χ0v) is 14.7. The molecule has 4 heteroatoms. The lowest BCUT2D eigenvalue weighted by Gasteiger charge is -2.28. The molecule has 0 spiro atoms. The van der Waals surface area contributed by atoms with Crippen molar-refractivity contribution in [3.63, 3.8) is 0 Å². The van der Waals surface area contributed by atoms with Gasteiger partial charge in [0.15, 0.2) is 0 Å². The van der Waals surface area contributed by atoms with E-state index in [0.29, 0.717) is 0 Å². The summed E-state index contributed by atoms with van der Waals surface area (Å²) < 4.78 is 0. The van der Waals surface area contributed by atoms with Crippen LogP contribution in [0, 0.1) is 5.41 Å². The lowest BCUT2D eigenvalue weighted by atomic mass is 9.89. The number of rotatable bonds is 4. The molecule has 0 bridgehead atoms. The molecule has 0 saturated heterocycles. The van der Waals surface area contributed by atoms with Gasteiger partial charge in [0, 0.05) is 0 Å². The van der Waals surface area contributed by atoms with E-state index in [4.69, 9.17) is 9.98 Å². The average Bonchev–Trinajstić information content (AvgIpc) is 3.34. The van der Waals surface area contributed by atoms with Crippen LogP contribution in [0.5, 0.6) is 0 Å². The summed E-state index contributed by atoms with van der Waals surface area (Å²) in [5, 5.41) is 7.22. The Labute approximate surface area is 149 Å². The van der Waals surface area contributed by atoms with Gasteiger partial charge in [-0.15, -0.1) is 0 Å². The van der Waals surface area contributed by atoms with Gasteiger partial charge in [-0.1, -0.05) is 60.7 Å². The molecule has 0 unspecified atom stereocenters. The first-order chi connectivity index (χ1) is 12.1. The SMILES string of the molecule is CC(C)(C1=NC[C@H](c2ccccc2)N1)C1=NC[C@H](c2ccccc2)N1. The summed E-state index contributed by atoms with van der Waals surface area (Å²) in [6.07, 6.45) is 0. The second-order valence-corrected chi connectivity index (χ2v) is 7.22. The fourth-order valence-electron chi connectivity index (χ4n) is 3.49. The van der Waals surface area contributed by atoms with Crippen LogP contribution < -0.4 is 10.6 Å². The Kier molecular flexibility index (Phi) is 4.04. The first kappa shape index (κ1) is 15.9. The predicted octanol–water partition coefficient (Wildman–Crippen LogP) is 3.50. The Hall–Kier alpha value is -2.62. The molecule has 25 heavy (non-hydrogen) atoms. The van der Waals surface area contributed by atoms with Crippen LogP contribution in [0.15, 0.2) is 70.6 Å². The molecule has 0 fully saturated rings. The van der Waals surface area contributed by atoms with Gasteiger partial charge >= 0.3 is 0 Å². The normalized spacial score (nSPS) is 22.8. The van der Waals surface area contributed by atoms with Crippen molar-refractivity contribution in [1.82, 2.24) is 10.6 Å². The summed E-state index contributed by atoms with van der Waals surface area (Å²) in [5.41, 5.74) is 2.31. The monoisotopic (exact) mass is 332 g/mol. The number of benzene rings is 2. The van der Waals surface area contributed by atoms with Crippen molar-refractivity contribution in [3.8, 4) is 0 Å². The highest BCUT2D eigenvalue weighted by atomic mass is 15.2. The van der Waals surface area contributed by atoms with Gasteiger partial charge in [-0.3, -0.25) is 9.98 Å². The van der Waals surface area contributed by atoms with Gasteiger partial charge in [0.25, 0.3) is 0 Å². The van der Waals surface area contributed by atoms with Gasteiger partial charge in [-0.25, -0.2) is 0 Å². The Morgan fingerprint density at radius 1 is 0.720 bits per heavy atom. The first-order valence-corrected chi connectivity index (χ1v) is 8.87. The highest BCUT2D eigenvalue weighted by Crippen LogP contribution is 2.29. The molecule has 2 atom stereocenters. The first-order valence-electron chi connectivity index (χ1n) is 8.87. The quantitative estimate of drug-likeness (QED) is 0.900. The molecule has 0 amide bonds. The third-order valence-electron chi connectivity index (χ3n) is 5.07. The smallest absolute Gasteiger partial charge is 0.110 e. The largest absolute Gasteiger partial charge is 0.364 e. The van der Waals surface area contributed by atoms with Crippen LogP contribution in [0.1, 0.15) is 37.1 Å². The third-order valence-corrected chi connectivity index (χ3v) is 5.07. The van der Waals surface area contributed by atoms with Crippen molar-refractivity contribution in [2.45, 2.75) is 25.9 Å². The van der Waals surface area contributed by atoms with E-state index in [-0.39, 0.29) is 17.5 Å². The maximum atomic E-state index is 4.79. The van der Waals surface area contributed by atoms with Crippen molar-refractivity contribution < 1.29 is 0 Å². The number of aliphatic imine (C=N–C) groups is 2. The van der Waals surface area contributed by atoms with Gasteiger partial charge in [-0.05, 0) is 25.0 Å². The second-order valence-electron chi connectivity index (χ2n) is 7.22. The van der Waals surface area contributed by atoms with Crippen molar-refractivity contribution in [1.29, 1.82) is 0 Å². The summed E-state index contributed by atoms with van der Waals surface area (Å²) in [6, 6.07) is 21.5.